The predicted octanol–water partition coefficient (Wildman–Crippen LogP) is 9.33. The lowest BCUT2D eigenvalue weighted by atomic mass is 9.95. The zero-order valence-electron chi connectivity index (χ0n) is 23.9. The molecular formula is C31H60O4. The minimum absolute atomic E-state index is 0.0199. The molecule has 0 N–H and O–H groups in total. The number of carbonyl (C=O) groups is 1. The largest absolute Gasteiger partial charge is 0.370 e. The van der Waals surface area contributed by atoms with Gasteiger partial charge >= 0.3 is 0 Å². The second-order valence-electron chi connectivity index (χ2n) is 11.1. The first-order valence-corrected chi connectivity index (χ1v) is 15.5. The molecule has 4 nitrogen and oxygen atoms in total. The zero-order chi connectivity index (χ0) is 25.5. The van der Waals surface area contributed by atoms with Crippen LogP contribution in [0.2, 0.25) is 0 Å². The van der Waals surface area contributed by atoms with E-state index in [4.69, 9.17) is 14.2 Å². The molecule has 0 bridgehead atoms. The molecule has 0 aromatic rings. The lowest BCUT2D eigenvalue weighted by Crippen LogP contribution is -2.49. The Hall–Kier alpha value is -0.450. The minimum Gasteiger partial charge on any atom is -0.370 e. The van der Waals surface area contributed by atoms with Gasteiger partial charge < -0.3 is 14.2 Å². The fourth-order valence-corrected chi connectivity index (χ4v) is 5.07. The average Bonchev–Trinajstić information content (AvgIpc) is 2.86. The first-order valence-electron chi connectivity index (χ1n) is 15.5. The molecule has 208 valence electrons. The van der Waals surface area contributed by atoms with Gasteiger partial charge in [0.1, 0.15) is 18.8 Å². The van der Waals surface area contributed by atoms with Gasteiger partial charge in [-0.2, -0.15) is 0 Å². The molecular weight excluding hydrogens is 436 g/mol. The summed E-state index contributed by atoms with van der Waals surface area (Å²) in [7, 11) is 0. The SMILES string of the molecule is CCCCCCCCCCCCCCCCOC(C)(CCCCCCCCC)C1OCC(=O)CO1. The van der Waals surface area contributed by atoms with Crippen molar-refractivity contribution in [2.24, 2.45) is 0 Å². The maximum Gasteiger partial charge on any atom is 0.187 e. The third-order valence-corrected chi connectivity index (χ3v) is 7.50. The highest BCUT2D eigenvalue weighted by atomic mass is 16.7. The predicted molar refractivity (Wildman–Crippen MR) is 148 cm³/mol. The van der Waals surface area contributed by atoms with E-state index in [9.17, 15) is 4.79 Å². The van der Waals surface area contributed by atoms with E-state index in [0.717, 1.165) is 25.9 Å². The van der Waals surface area contributed by atoms with Gasteiger partial charge in [-0.1, -0.05) is 142 Å². The highest BCUT2D eigenvalue weighted by molar-refractivity contribution is 5.81. The summed E-state index contributed by atoms with van der Waals surface area (Å²) >= 11 is 0. The fraction of sp³-hybridized carbons (Fsp3) is 0.968. The Bertz CT molecular complexity index is 471. The number of hydrogen-bond donors (Lipinski definition) is 0. The Kier molecular flexibility index (Phi) is 21.2. The van der Waals surface area contributed by atoms with Gasteiger partial charge in [0, 0.05) is 6.61 Å². The van der Waals surface area contributed by atoms with Gasteiger partial charge in [0.15, 0.2) is 12.1 Å². The molecule has 0 radical (unpaired) electrons. The van der Waals surface area contributed by atoms with Gasteiger partial charge in [-0.25, -0.2) is 0 Å². The van der Waals surface area contributed by atoms with Crippen molar-refractivity contribution in [3.05, 3.63) is 0 Å². The third kappa shape index (κ3) is 17.6. The Morgan fingerprint density at radius 3 is 1.43 bits per heavy atom. The second-order valence-corrected chi connectivity index (χ2v) is 11.1. The summed E-state index contributed by atoms with van der Waals surface area (Å²) in [5.74, 6) is 0.0199. The summed E-state index contributed by atoms with van der Waals surface area (Å²) in [6, 6.07) is 0. The lowest BCUT2D eigenvalue weighted by molar-refractivity contribution is -0.262. The quantitative estimate of drug-likeness (QED) is 0.118. The van der Waals surface area contributed by atoms with E-state index >= 15 is 0 Å². The van der Waals surface area contributed by atoms with E-state index in [1.54, 1.807) is 0 Å². The Morgan fingerprint density at radius 2 is 1.00 bits per heavy atom. The van der Waals surface area contributed by atoms with E-state index in [1.165, 1.54) is 122 Å². The topological polar surface area (TPSA) is 44.8 Å². The van der Waals surface area contributed by atoms with E-state index in [0.29, 0.717) is 0 Å². The van der Waals surface area contributed by atoms with Crippen LogP contribution in [0, 0.1) is 0 Å². The number of hydrogen-bond acceptors (Lipinski definition) is 4. The molecule has 1 saturated heterocycles. The number of carbonyl (C=O) groups excluding carboxylic acids is 1. The standard InChI is InChI=1S/C31H60O4/c1-4-6-8-10-12-13-14-15-16-17-18-20-22-24-26-35-31(3,30-33-27-29(32)28-34-30)25-23-21-19-11-9-7-5-2/h30H,4-28H2,1-3H3. The monoisotopic (exact) mass is 496 g/mol. The lowest BCUT2D eigenvalue weighted by Gasteiger charge is -2.38. The van der Waals surface area contributed by atoms with Gasteiger partial charge in [-0.3, -0.25) is 4.79 Å². The number of rotatable bonds is 25. The van der Waals surface area contributed by atoms with Crippen LogP contribution in [-0.2, 0) is 19.0 Å². The summed E-state index contributed by atoms with van der Waals surface area (Å²) in [4.78, 5) is 11.5. The summed E-state index contributed by atoms with van der Waals surface area (Å²) < 4.78 is 17.9. The van der Waals surface area contributed by atoms with Crippen molar-refractivity contribution in [2.75, 3.05) is 19.8 Å². The van der Waals surface area contributed by atoms with Crippen LogP contribution in [-0.4, -0.2) is 37.5 Å². The van der Waals surface area contributed by atoms with E-state index in [2.05, 4.69) is 20.8 Å². The number of ketones is 1. The van der Waals surface area contributed by atoms with Gasteiger partial charge in [-0.05, 0) is 19.8 Å². The van der Waals surface area contributed by atoms with Crippen molar-refractivity contribution in [3.63, 3.8) is 0 Å². The highest BCUT2D eigenvalue weighted by Crippen LogP contribution is 2.29. The van der Waals surface area contributed by atoms with Gasteiger partial charge in [0.25, 0.3) is 0 Å². The van der Waals surface area contributed by atoms with Crippen LogP contribution in [0.25, 0.3) is 0 Å². The van der Waals surface area contributed by atoms with Crippen LogP contribution in [0.3, 0.4) is 0 Å². The van der Waals surface area contributed by atoms with E-state index in [1.807, 2.05) is 0 Å². The molecule has 1 heterocycles. The molecule has 4 heteroatoms. The van der Waals surface area contributed by atoms with Crippen molar-refractivity contribution in [2.45, 2.75) is 174 Å². The molecule has 0 aromatic carbocycles. The molecule has 0 aromatic heterocycles. The first-order chi connectivity index (χ1) is 17.1. The van der Waals surface area contributed by atoms with Gasteiger partial charge in [0.2, 0.25) is 0 Å². The van der Waals surface area contributed by atoms with E-state index in [-0.39, 0.29) is 19.0 Å². The second kappa shape index (κ2) is 22.7. The Labute approximate surface area is 218 Å². The average molecular weight is 497 g/mol. The molecule has 0 amide bonds. The molecule has 1 atom stereocenters. The van der Waals surface area contributed by atoms with Crippen LogP contribution in [0.5, 0.6) is 0 Å². The molecule has 1 rings (SSSR count). The van der Waals surface area contributed by atoms with Gasteiger partial charge in [0.05, 0.1) is 0 Å². The maximum absolute atomic E-state index is 11.5. The Morgan fingerprint density at radius 1 is 0.629 bits per heavy atom. The zero-order valence-corrected chi connectivity index (χ0v) is 23.9. The van der Waals surface area contributed by atoms with Crippen molar-refractivity contribution >= 4 is 5.78 Å². The van der Waals surface area contributed by atoms with Crippen molar-refractivity contribution in [3.8, 4) is 0 Å². The van der Waals surface area contributed by atoms with Crippen LogP contribution >= 0.6 is 0 Å². The van der Waals surface area contributed by atoms with Crippen molar-refractivity contribution in [1.82, 2.24) is 0 Å². The van der Waals surface area contributed by atoms with Crippen molar-refractivity contribution < 1.29 is 19.0 Å². The smallest absolute Gasteiger partial charge is 0.187 e. The van der Waals surface area contributed by atoms with Crippen molar-refractivity contribution in [1.29, 1.82) is 0 Å². The maximum atomic E-state index is 11.5. The fourth-order valence-electron chi connectivity index (χ4n) is 5.07. The van der Waals surface area contributed by atoms with Crippen LogP contribution in [0.1, 0.15) is 162 Å². The minimum atomic E-state index is -0.458. The summed E-state index contributed by atoms with van der Waals surface area (Å²) in [5, 5.41) is 0. The Balaban J connectivity index is 2.11. The molecule has 0 aliphatic carbocycles. The normalized spacial score (nSPS) is 16.6. The molecule has 1 aliphatic rings. The van der Waals surface area contributed by atoms with Crippen LogP contribution < -0.4 is 0 Å². The van der Waals surface area contributed by atoms with Gasteiger partial charge in [-0.15, -0.1) is 0 Å². The van der Waals surface area contributed by atoms with E-state index < -0.39 is 11.9 Å². The summed E-state index contributed by atoms with van der Waals surface area (Å²) in [6.45, 7) is 7.72. The molecule has 0 saturated carbocycles. The summed E-state index contributed by atoms with van der Waals surface area (Å²) in [5.41, 5.74) is -0.458. The molecule has 1 fully saturated rings. The van der Waals surface area contributed by atoms with Crippen LogP contribution in [0.4, 0.5) is 0 Å². The molecule has 0 spiro atoms. The molecule has 1 unspecified atom stereocenters. The number of Topliss-reactive ketones (excluding diaryl/α,β-unsaturated/α-hetero) is 1. The third-order valence-electron chi connectivity index (χ3n) is 7.50. The first kappa shape index (κ1) is 32.6. The number of unbranched alkanes of at least 4 members (excludes halogenated alkanes) is 19. The number of ether oxygens (including phenoxy) is 3. The molecule has 1 aliphatic heterocycles. The molecule has 35 heavy (non-hydrogen) atoms. The van der Waals surface area contributed by atoms with Crippen LogP contribution in [0.15, 0.2) is 0 Å². The summed E-state index contributed by atoms with van der Waals surface area (Å²) in [6.07, 6.45) is 28.5. The highest BCUT2D eigenvalue weighted by Gasteiger charge is 2.39.